The fraction of sp³-hybridized carbons (Fsp3) is 0.450. The molecule has 1 fully saturated rings. The maximum atomic E-state index is 12.9. The van der Waals surface area contributed by atoms with Crippen molar-refractivity contribution in [1.29, 1.82) is 0 Å². The van der Waals surface area contributed by atoms with Gasteiger partial charge in [0.2, 0.25) is 10.0 Å². The highest BCUT2D eigenvalue weighted by molar-refractivity contribution is 7.98. The van der Waals surface area contributed by atoms with Gasteiger partial charge >= 0.3 is 0 Å². The van der Waals surface area contributed by atoms with E-state index in [1.807, 2.05) is 13.8 Å². The number of rotatable bonds is 5. The normalized spacial score (nSPS) is 16.1. The van der Waals surface area contributed by atoms with Crippen LogP contribution in [0, 0.1) is 13.8 Å². The molecular weight excluding hydrogens is 440 g/mol. The fourth-order valence-electron chi connectivity index (χ4n) is 3.55. The number of pyridine rings is 1. The molecule has 0 spiro atoms. The van der Waals surface area contributed by atoms with Gasteiger partial charge in [0.05, 0.1) is 16.2 Å². The summed E-state index contributed by atoms with van der Waals surface area (Å²) in [7, 11) is -3.50. The Morgan fingerprint density at radius 1 is 1.17 bits per heavy atom. The maximum absolute atomic E-state index is 12.9. The van der Waals surface area contributed by atoms with Crippen LogP contribution < -0.4 is 5.56 Å². The van der Waals surface area contributed by atoms with Crippen LogP contribution in [0.3, 0.4) is 0 Å². The van der Waals surface area contributed by atoms with Crippen LogP contribution in [0.25, 0.3) is 10.2 Å². The lowest BCUT2D eigenvalue weighted by Crippen LogP contribution is -2.32. The summed E-state index contributed by atoms with van der Waals surface area (Å²) in [5.74, 6) is 1.04. The zero-order valence-electron chi connectivity index (χ0n) is 17.0. The molecule has 0 saturated carbocycles. The molecule has 0 amide bonds. The highest BCUT2D eigenvalue weighted by atomic mass is 32.2. The van der Waals surface area contributed by atoms with E-state index in [0.29, 0.717) is 35.1 Å². The molecular formula is C20H24N4O3S3. The Balaban J connectivity index is 1.47. The van der Waals surface area contributed by atoms with Gasteiger partial charge in [0.25, 0.3) is 5.56 Å². The number of nitrogens with zero attached hydrogens (tertiary/aromatic N) is 3. The number of thiophene rings is 1. The summed E-state index contributed by atoms with van der Waals surface area (Å²) in [6, 6.07) is 3.33. The van der Waals surface area contributed by atoms with E-state index >= 15 is 0 Å². The molecule has 0 unspecified atom stereocenters. The van der Waals surface area contributed by atoms with E-state index < -0.39 is 10.0 Å². The van der Waals surface area contributed by atoms with Crippen molar-refractivity contribution in [3.8, 4) is 0 Å². The molecule has 10 heteroatoms. The third-order valence-corrected chi connectivity index (χ3v) is 9.30. The number of fused-ring (bicyclic) bond motifs is 1. The molecule has 1 N–H and O–H groups in total. The van der Waals surface area contributed by atoms with Crippen LogP contribution in [-0.2, 0) is 15.8 Å². The molecule has 4 rings (SSSR count). The van der Waals surface area contributed by atoms with Crippen LogP contribution in [0.1, 0.15) is 41.9 Å². The zero-order valence-corrected chi connectivity index (χ0v) is 19.4. The Morgan fingerprint density at radius 2 is 1.90 bits per heavy atom. The van der Waals surface area contributed by atoms with Gasteiger partial charge in [-0.1, -0.05) is 24.6 Å². The van der Waals surface area contributed by atoms with Gasteiger partial charge in [0, 0.05) is 24.2 Å². The molecule has 0 aromatic carbocycles. The van der Waals surface area contributed by atoms with Crippen molar-refractivity contribution in [1.82, 2.24) is 19.3 Å². The van der Waals surface area contributed by atoms with Crippen molar-refractivity contribution in [3.05, 3.63) is 44.9 Å². The molecule has 0 atom stereocenters. The van der Waals surface area contributed by atoms with Gasteiger partial charge < -0.3 is 4.98 Å². The first kappa shape index (κ1) is 21.5. The highest BCUT2D eigenvalue weighted by Crippen LogP contribution is 2.27. The number of thioether (sulfide) groups is 1. The summed E-state index contributed by atoms with van der Waals surface area (Å²) >= 11 is 2.93. The van der Waals surface area contributed by atoms with E-state index in [9.17, 15) is 13.2 Å². The molecule has 0 bridgehead atoms. The number of sulfonamides is 1. The molecule has 30 heavy (non-hydrogen) atoms. The monoisotopic (exact) mass is 464 g/mol. The molecule has 0 aliphatic carbocycles. The minimum absolute atomic E-state index is 0.121. The van der Waals surface area contributed by atoms with Crippen molar-refractivity contribution in [2.45, 2.75) is 55.2 Å². The quantitative estimate of drug-likeness (QED) is 0.576. The lowest BCUT2D eigenvalue weighted by molar-refractivity contribution is 0.423. The first-order valence-electron chi connectivity index (χ1n) is 9.94. The largest absolute Gasteiger partial charge is 0.309 e. The Labute approximate surface area is 184 Å². The van der Waals surface area contributed by atoms with Crippen LogP contribution in [0.15, 0.2) is 33.0 Å². The summed E-state index contributed by atoms with van der Waals surface area (Å²) in [5, 5.41) is 1.35. The molecule has 1 aliphatic rings. The number of aromatic amines is 1. The third kappa shape index (κ3) is 4.32. The number of aryl methyl sites for hydroxylation is 2. The van der Waals surface area contributed by atoms with Crippen LogP contribution >= 0.6 is 23.1 Å². The smallest absolute Gasteiger partial charge is 0.259 e. The van der Waals surface area contributed by atoms with Gasteiger partial charge in [0.1, 0.15) is 15.6 Å². The van der Waals surface area contributed by atoms with Gasteiger partial charge in [0.15, 0.2) is 0 Å². The summed E-state index contributed by atoms with van der Waals surface area (Å²) in [6.45, 7) is 5.06. The van der Waals surface area contributed by atoms with Crippen molar-refractivity contribution in [3.63, 3.8) is 0 Å². The van der Waals surface area contributed by atoms with E-state index in [2.05, 4.69) is 15.0 Å². The van der Waals surface area contributed by atoms with E-state index in [4.69, 9.17) is 0 Å². The second-order valence-corrected chi connectivity index (χ2v) is 11.6. The highest BCUT2D eigenvalue weighted by Gasteiger charge is 2.25. The van der Waals surface area contributed by atoms with Crippen molar-refractivity contribution in [2.24, 2.45) is 0 Å². The van der Waals surface area contributed by atoms with Crippen LogP contribution in [0.2, 0.25) is 0 Å². The minimum Gasteiger partial charge on any atom is -0.309 e. The van der Waals surface area contributed by atoms with Gasteiger partial charge in [-0.05, 0) is 44.4 Å². The van der Waals surface area contributed by atoms with E-state index in [0.717, 1.165) is 41.0 Å². The van der Waals surface area contributed by atoms with Crippen LogP contribution in [0.4, 0.5) is 0 Å². The van der Waals surface area contributed by atoms with Crippen molar-refractivity contribution < 1.29 is 8.42 Å². The molecule has 4 heterocycles. The molecule has 160 valence electrons. The van der Waals surface area contributed by atoms with E-state index in [1.165, 1.54) is 29.3 Å². The SMILES string of the molecule is Cc1sc2nc(CSc3ccc(S(=O)(=O)N4CCCCCC4)cn3)[nH]c(=O)c2c1C. The Kier molecular flexibility index (Phi) is 6.29. The Hall–Kier alpha value is -1.75. The van der Waals surface area contributed by atoms with E-state index in [1.54, 1.807) is 16.4 Å². The fourth-order valence-corrected chi connectivity index (χ4v) is 6.77. The van der Waals surface area contributed by atoms with Crippen molar-refractivity contribution >= 4 is 43.3 Å². The van der Waals surface area contributed by atoms with Crippen molar-refractivity contribution in [2.75, 3.05) is 13.1 Å². The van der Waals surface area contributed by atoms with Crippen LogP contribution in [-0.4, -0.2) is 40.8 Å². The predicted octanol–water partition coefficient (Wildman–Crippen LogP) is 3.85. The molecule has 1 aliphatic heterocycles. The van der Waals surface area contributed by atoms with E-state index in [-0.39, 0.29) is 10.5 Å². The molecule has 1 saturated heterocycles. The minimum atomic E-state index is -3.50. The number of hydrogen-bond acceptors (Lipinski definition) is 7. The predicted molar refractivity (Wildman–Crippen MR) is 121 cm³/mol. The average molecular weight is 465 g/mol. The number of aromatic nitrogens is 3. The molecule has 3 aromatic rings. The van der Waals surface area contributed by atoms with Crippen LogP contribution in [0.5, 0.6) is 0 Å². The zero-order chi connectivity index (χ0) is 21.3. The number of hydrogen-bond donors (Lipinski definition) is 1. The number of H-pyrrole nitrogens is 1. The summed E-state index contributed by atoms with van der Waals surface area (Å²) in [5.41, 5.74) is 0.857. The second kappa shape index (κ2) is 8.78. The first-order chi connectivity index (χ1) is 14.4. The lowest BCUT2D eigenvalue weighted by Gasteiger charge is -2.19. The average Bonchev–Trinajstić information content (AvgIpc) is 2.91. The summed E-state index contributed by atoms with van der Waals surface area (Å²) in [6.07, 6.45) is 5.38. The Bertz CT molecular complexity index is 1210. The standard InChI is InChI=1S/C20H24N4O3S3/c1-13-14(2)29-20-18(13)19(25)22-16(23-20)12-28-17-8-7-15(11-21-17)30(26,27)24-9-5-3-4-6-10-24/h7-8,11H,3-6,9-10,12H2,1-2H3,(H,22,23,25). The van der Waals surface area contributed by atoms with Gasteiger partial charge in [-0.25, -0.2) is 18.4 Å². The third-order valence-electron chi connectivity index (χ3n) is 5.36. The summed E-state index contributed by atoms with van der Waals surface area (Å²) in [4.78, 5) is 26.2. The maximum Gasteiger partial charge on any atom is 0.259 e. The first-order valence-corrected chi connectivity index (χ1v) is 13.2. The van der Waals surface area contributed by atoms with Gasteiger partial charge in [-0.3, -0.25) is 4.79 Å². The molecule has 7 nitrogen and oxygen atoms in total. The lowest BCUT2D eigenvalue weighted by atomic mass is 10.2. The second-order valence-electron chi connectivity index (χ2n) is 7.42. The summed E-state index contributed by atoms with van der Waals surface area (Å²) < 4.78 is 27.3. The topological polar surface area (TPSA) is 96.0 Å². The molecule has 0 radical (unpaired) electrons. The van der Waals surface area contributed by atoms with Gasteiger partial charge in [-0.15, -0.1) is 11.3 Å². The molecule has 3 aromatic heterocycles. The Morgan fingerprint density at radius 3 is 2.57 bits per heavy atom. The number of nitrogens with one attached hydrogen (secondary N) is 1. The van der Waals surface area contributed by atoms with Gasteiger partial charge in [-0.2, -0.15) is 4.31 Å².